The number of allylic oxidation sites excluding steroid dienone is 1. The quantitative estimate of drug-likeness (QED) is 0.593. The van der Waals surface area contributed by atoms with E-state index in [1.54, 1.807) is 6.08 Å². The van der Waals surface area contributed by atoms with E-state index >= 15 is 0 Å². The monoisotopic (exact) mass is 153 g/mol. The van der Waals surface area contributed by atoms with Crippen molar-refractivity contribution in [3.63, 3.8) is 0 Å². The van der Waals surface area contributed by atoms with Gasteiger partial charge >= 0.3 is 0 Å². The van der Waals surface area contributed by atoms with E-state index in [4.69, 9.17) is 0 Å². The van der Waals surface area contributed by atoms with E-state index in [9.17, 15) is 9.59 Å². The Labute approximate surface area is 65.5 Å². The largest absolute Gasteiger partial charge is 0.350 e. The van der Waals surface area contributed by atoms with Crippen molar-refractivity contribution in [2.75, 3.05) is 0 Å². The second-order valence-corrected chi connectivity index (χ2v) is 2.67. The van der Waals surface area contributed by atoms with Gasteiger partial charge in [-0.15, -0.1) is 0 Å². The third-order valence-corrected chi connectivity index (χ3v) is 1.60. The number of hydrogen-bond donors (Lipinski definition) is 1. The van der Waals surface area contributed by atoms with Crippen LogP contribution in [-0.4, -0.2) is 17.7 Å². The van der Waals surface area contributed by atoms with E-state index in [2.05, 4.69) is 5.32 Å². The summed E-state index contributed by atoms with van der Waals surface area (Å²) >= 11 is 0. The molecule has 0 saturated carbocycles. The lowest BCUT2D eigenvalue weighted by Gasteiger charge is -2.15. The minimum absolute atomic E-state index is 0.0472. The molecule has 0 radical (unpaired) electrons. The third kappa shape index (κ3) is 2.53. The Morgan fingerprint density at radius 2 is 2.45 bits per heavy atom. The first-order valence-corrected chi connectivity index (χ1v) is 3.66. The highest BCUT2D eigenvalue weighted by Crippen LogP contribution is 2.06. The molecule has 11 heavy (non-hydrogen) atoms. The molecule has 0 aromatic rings. The van der Waals surface area contributed by atoms with Gasteiger partial charge < -0.3 is 5.32 Å². The van der Waals surface area contributed by atoms with Crippen LogP contribution in [0.25, 0.3) is 0 Å². The first-order chi connectivity index (χ1) is 5.18. The molecule has 1 atom stereocenters. The molecule has 1 aliphatic carbocycles. The van der Waals surface area contributed by atoms with Crippen molar-refractivity contribution in [1.82, 2.24) is 5.32 Å². The van der Waals surface area contributed by atoms with Crippen LogP contribution in [-0.2, 0) is 9.59 Å². The molecule has 0 unspecified atom stereocenters. The first-order valence-electron chi connectivity index (χ1n) is 3.66. The lowest BCUT2D eigenvalue weighted by molar-refractivity contribution is -0.120. The van der Waals surface area contributed by atoms with Gasteiger partial charge in [0, 0.05) is 19.4 Å². The lowest BCUT2D eigenvalue weighted by atomic mass is 10.0. The number of carbonyl (C=O) groups excluding carboxylic acids is 2. The molecule has 60 valence electrons. The van der Waals surface area contributed by atoms with Crippen molar-refractivity contribution in [2.45, 2.75) is 25.8 Å². The summed E-state index contributed by atoms with van der Waals surface area (Å²) in [5.41, 5.74) is 0. The van der Waals surface area contributed by atoms with Crippen LogP contribution in [0.2, 0.25) is 0 Å². The Morgan fingerprint density at radius 1 is 1.73 bits per heavy atom. The Balaban J connectivity index is 2.44. The van der Waals surface area contributed by atoms with Crippen LogP contribution in [0, 0.1) is 0 Å². The van der Waals surface area contributed by atoms with Crippen LogP contribution in [0.1, 0.15) is 19.8 Å². The van der Waals surface area contributed by atoms with Crippen LogP contribution in [0.5, 0.6) is 0 Å². The van der Waals surface area contributed by atoms with Crippen LogP contribution in [0.3, 0.4) is 0 Å². The summed E-state index contributed by atoms with van der Waals surface area (Å²) in [5.74, 6) is 0.0978. The van der Waals surface area contributed by atoms with Gasteiger partial charge in [0.05, 0.1) is 0 Å². The molecule has 3 nitrogen and oxygen atoms in total. The summed E-state index contributed by atoms with van der Waals surface area (Å²) in [6.45, 7) is 1.48. The van der Waals surface area contributed by atoms with E-state index in [1.165, 1.54) is 13.0 Å². The number of hydrogen-bond acceptors (Lipinski definition) is 2. The van der Waals surface area contributed by atoms with Crippen LogP contribution in [0.15, 0.2) is 12.2 Å². The first kappa shape index (κ1) is 7.98. The molecule has 0 aliphatic heterocycles. The standard InChI is InChI=1S/C8H11NO2/c1-6(10)9-7-2-4-8(11)5-3-7/h2,4,7H,3,5H2,1H3,(H,9,10)/t7-/m0/s1. The number of nitrogens with one attached hydrogen (secondary N) is 1. The fraction of sp³-hybridized carbons (Fsp3) is 0.500. The summed E-state index contributed by atoms with van der Waals surface area (Å²) in [7, 11) is 0. The average Bonchev–Trinajstić information content (AvgIpc) is 1.93. The van der Waals surface area contributed by atoms with Gasteiger partial charge in [0.1, 0.15) is 0 Å². The molecule has 0 heterocycles. The predicted octanol–water partition coefficient (Wildman–Crippen LogP) is 0.410. The van der Waals surface area contributed by atoms with E-state index in [0.29, 0.717) is 6.42 Å². The minimum Gasteiger partial charge on any atom is -0.350 e. The number of ketones is 1. The number of rotatable bonds is 1. The predicted molar refractivity (Wildman–Crippen MR) is 41.0 cm³/mol. The molecule has 1 aliphatic rings. The smallest absolute Gasteiger partial charge is 0.217 e. The fourth-order valence-corrected chi connectivity index (χ4v) is 1.08. The van der Waals surface area contributed by atoms with E-state index in [-0.39, 0.29) is 17.7 Å². The summed E-state index contributed by atoms with van der Waals surface area (Å²) in [6.07, 6.45) is 4.55. The molecular weight excluding hydrogens is 142 g/mol. The summed E-state index contributed by atoms with van der Waals surface area (Å²) in [6, 6.07) is 0.0604. The van der Waals surface area contributed by atoms with Gasteiger partial charge in [0.2, 0.25) is 5.91 Å². The van der Waals surface area contributed by atoms with Crippen LogP contribution >= 0.6 is 0 Å². The normalized spacial score (nSPS) is 23.4. The van der Waals surface area contributed by atoms with Crippen molar-refractivity contribution in [3.05, 3.63) is 12.2 Å². The molecular formula is C8H11NO2. The zero-order chi connectivity index (χ0) is 8.27. The minimum atomic E-state index is -0.0472. The Morgan fingerprint density at radius 3 is 2.91 bits per heavy atom. The maximum absolute atomic E-state index is 10.7. The maximum Gasteiger partial charge on any atom is 0.217 e. The fourth-order valence-electron chi connectivity index (χ4n) is 1.08. The SMILES string of the molecule is CC(=O)N[C@H]1C=CC(=O)CC1. The topological polar surface area (TPSA) is 46.2 Å². The molecule has 0 fully saturated rings. The highest BCUT2D eigenvalue weighted by Gasteiger charge is 2.12. The molecule has 0 spiro atoms. The van der Waals surface area contributed by atoms with E-state index in [0.717, 1.165) is 6.42 Å². The van der Waals surface area contributed by atoms with Crippen molar-refractivity contribution < 1.29 is 9.59 Å². The Bertz CT molecular complexity index is 208. The Kier molecular flexibility index (Phi) is 2.41. The number of amides is 1. The molecule has 1 rings (SSSR count). The van der Waals surface area contributed by atoms with E-state index in [1.807, 2.05) is 0 Å². The van der Waals surface area contributed by atoms with Crippen molar-refractivity contribution in [1.29, 1.82) is 0 Å². The van der Waals surface area contributed by atoms with Gasteiger partial charge in [0.25, 0.3) is 0 Å². The summed E-state index contributed by atoms with van der Waals surface area (Å²) in [5, 5.41) is 2.72. The molecule has 1 N–H and O–H groups in total. The highest BCUT2D eigenvalue weighted by atomic mass is 16.1. The zero-order valence-corrected chi connectivity index (χ0v) is 6.46. The summed E-state index contributed by atoms with van der Waals surface area (Å²) < 4.78 is 0. The van der Waals surface area contributed by atoms with Crippen LogP contribution in [0.4, 0.5) is 0 Å². The molecule has 0 aromatic heterocycles. The molecule has 3 heteroatoms. The van der Waals surface area contributed by atoms with Gasteiger partial charge in [-0.1, -0.05) is 6.08 Å². The Hall–Kier alpha value is -1.12. The van der Waals surface area contributed by atoms with Crippen molar-refractivity contribution in [3.8, 4) is 0 Å². The van der Waals surface area contributed by atoms with Gasteiger partial charge in [0.15, 0.2) is 5.78 Å². The molecule has 0 saturated heterocycles. The number of carbonyl (C=O) groups is 2. The van der Waals surface area contributed by atoms with Gasteiger partial charge in [-0.25, -0.2) is 0 Å². The molecule has 0 bridgehead atoms. The van der Waals surface area contributed by atoms with Crippen LogP contribution < -0.4 is 5.32 Å². The van der Waals surface area contributed by atoms with Gasteiger partial charge in [-0.2, -0.15) is 0 Å². The summed E-state index contributed by atoms with van der Waals surface area (Å²) in [4.78, 5) is 21.3. The third-order valence-electron chi connectivity index (χ3n) is 1.60. The average molecular weight is 153 g/mol. The van der Waals surface area contributed by atoms with E-state index < -0.39 is 0 Å². The second-order valence-electron chi connectivity index (χ2n) is 2.67. The van der Waals surface area contributed by atoms with Crippen molar-refractivity contribution >= 4 is 11.7 Å². The maximum atomic E-state index is 10.7. The zero-order valence-electron chi connectivity index (χ0n) is 6.46. The van der Waals surface area contributed by atoms with Crippen molar-refractivity contribution in [2.24, 2.45) is 0 Å². The van der Waals surface area contributed by atoms with Gasteiger partial charge in [-0.3, -0.25) is 9.59 Å². The second kappa shape index (κ2) is 3.32. The molecule has 1 amide bonds. The highest BCUT2D eigenvalue weighted by molar-refractivity contribution is 5.90. The van der Waals surface area contributed by atoms with Gasteiger partial charge in [-0.05, 0) is 12.5 Å². The lowest BCUT2D eigenvalue weighted by Crippen LogP contribution is -2.33. The molecule has 0 aromatic carbocycles.